The summed E-state index contributed by atoms with van der Waals surface area (Å²) in [6, 6.07) is 8.54. The highest BCUT2D eigenvalue weighted by Gasteiger charge is 2.22. The first-order chi connectivity index (χ1) is 10.7. The van der Waals surface area contributed by atoms with E-state index >= 15 is 0 Å². The summed E-state index contributed by atoms with van der Waals surface area (Å²) in [5.74, 6) is 0.558. The van der Waals surface area contributed by atoms with Gasteiger partial charge in [0, 0.05) is 17.6 Å². The Balaban J connectivity index is 1.66. The number of rotatable bonds is 7. The Morgan fingerprint density at radius 1 is 1.45 bits per heavy atom. The highest BCUT2D eigenvalue weighted by molar-refractivity contribution is 6.31. The zero-order chi connectivity index (χ0) is 15.8. The van der Waals surface area contributed by atoms with Gasteiger partial charge in [-0.1, -0.05) is 36.7 Å². The maximum absolute atomic E-state index is 6.14. The van der Waals surface area contributed by atoms with Gasteiger partial charge in [0.15, 0.2) is 5.96 Å². The van der Waals surface area contributed by atoms with Crippen molar-refractivity contribution in [1.82, 2.24) is 10.2 Å². The van der Waals surface area contributed by atoms with Crippen LogP contribution in [-0.2, 0) is 6.42 Å². The average Bonchev–Trinajstić information content (AvgIpc) is 2.98. The molecule has 4 nitrogen and oxygen atoms in total. The molecule has 1 unspecified atom stereocenters. The Morgan fingerprint density at radius 2 is 2.27 bits per heavy atom. The molecule has 122 valence electrons. The summed E-state index contributed by atoms with van der Waals surface area (Å²) in [6.07, 6.45) is 4.45. The lowest BCUT2D eigenvalue weighted by Crippen LogP contribution is -2.36. The standard InChI is InChI=1S/C17H27ClN4/c1-2-22-12-6-9-15(22)13-21-17(19)20-11-5-8-14-7-3-4-10-16(14)18/h3-4,7,10,15H,2,5-6,8-9,11-13H2,1H3,(H3,19,20,21). The monoisotopic (exact) mass is 322 g/mol. The predicted octanol–water partition coefficient (Wildman–Crippen LogP) is 2.66. The van der Waals surface area contributed by atoms with Gasteiger partial charge in [-0.2, -0.15) is 0 Å². The molecule has 0 amide bonds. The van der Waals surface area contributed by atoms with E-state index in [1.165, 1.54) is 24.9 Å². The van der Waals surface area contributed by atoms with Gasteiger partial charge in [-0.25, -0.2) is 0 Å². The number of likely N-dealkylation sites (tertiary alicyclic amines) is 1. The number of likely N-dealkylation sites (N-methyl/N-ethyl adjacent to an activating group) is 1. The van der Waals surface area contributed by atoms with Crippen LogP contribution in [0.1, 0.15) is 31.7 Å². The second-order valence-corrected chi connectivity index (χ2v) is 6.18. The Labute approximate surface area is 138 Å². The number of halogens is 1. The summed E-state index contributed by atoms with van der Waals surface area (Å²) < 4.78 is 0. The molecule has 0 aromatic heterocycles. The SMILES string of the molecule is CCN1CCCC1CN=C(N)NCCCc1ccccc1Cl. The van der Waals surface area contributed by atoms with Crippen LogP contribution < -0.4 is 11.1 Å². The smallest absolute Gasteiger partial charge is 0.188 e. The van der Waals surface area contributed by atoms with E-state index in [-0.39, 0.29) is 0 Å². The van der Waals surface area contributed by atoms with Gasteiger partial charge in [0.2, 0.25) is 0 Å². The lowest BCUT2D eigenvalue weighted by Gasteiger charge is -2.20. The van der Waals surface area contributed by atoms with E-state index in [0.29, 0.717) is 12.0 Å². The maximum Gasteiger partial charge on any atom is 0.188 e. The highest BCUT2D eigenvalue weighted by atomic mass is 35.5. The quantitative estimate of drug-likeness (QED) is 0.461. The number of nitrogens with two attached hydrogens (primary N) is 1. The van der Waals surface area contributed by atoms with Gasteiger partial charge in [0.25, 0.3) is 0 Å². The molecule has 1 heterocycles. The fraction of sp³-hybridized carbons (Fsp3) is 0.588. The summed E-state index contributed by atoms with van der Waals surface area (Å²) in [6.45, 7) is 6.13. The molecule has 0 bridgehead atoms. The van der Waals surface area contributed by atoms with Crippen LogP contribution in [0.15, 0.2) is 29.3 Å². The normalized spacial score (nSPS) is 19.5. The van der Waals surface area contributed by atoms with Crippen LogP contribution >= 0.6 is 11.6 Å². The molecule has 1 aliphatic heterocycles. The van der Waals surface area contributed by atoms with E-state index < -0.39 is 0 Å². The Hall–Kier alpha value is -1.26. The minimum Gasteiger partial charge on any atom is -0.370 e. The van der Waals surface area contributed by atoms with Crippen molar-refractivity contribution >= 4 is 17.6 Å². The fourth-order valence-corrected chi connectivity index (χ4v) is 3.20. The minimum atomic E-state index is 0.558. The third-order valence-electron chi connectivity index (χ3n) is 4.26. The predicted molar refractivity (Wildman–Crippen MR) is 94.5 cm³/mol. The topological polar surface area (TPSA) is 53.6 Å². The van der Waals surface area contributed by atoms with Gasteiger partial charge in [0.05, 0.1) is 6.54 Å². The average molecular weight is 323 g/mol. The number of benzene rings is 1. The number of aliphatic imine (C=N–C) groups is 1. The molecule has 1 fully saturated rings. The number of nitrogens with one attached hydrogen (secondary N) is 1. The van der Waals surface area contributed by atoms with Gasteiger partial charge in [0.1, 0.15) is 0 Å². The second kappa shape index (κ2) is 9.01. The summed E-state index contributed by atoms with van der Waals surface area (Å²) in [7, 11) is 0. The van der Waals surface area contributed by atoms with E-state index in [2.05, 4.69) is 28.2 Å². The van der Waals surface area contributed by atoms with Gasteiger partial charge in [-0.15, -0.1) is 0 Å². The molecule has 0 aliphatic carbocycles. The molecule has 2 rings (SSSR count). The van der Waals surface area contributed by atoms with E-state index in [9.17, 15) is 0 Å². The van der Waals surface area contributed by atoms with Crippen molar-refractivity contribution in [3.63, 3.8) is 0 Å². The van der Waals surface area contributed by atoms with Crippen molar-refractivity contribution in [3.8, 4) is 0 Å². The number of hydrogen-bond acceptors (Lipinski definition) is 2. The maximum atomic E-state index is 6.14. The highest BCUT2D eigenvalue weighted by Crippen LogP contribution is 2.17. The zero-order valence-electron chi connectivity index (χ0n) is 13.4. The van der Waals surface area contributed by atoms with E-state index in [1.807, 2.05) is 18.2 Å². The van der Waals surface area contributed by atoms with Crippen LogP contribution in [0.2, 0.25) is 5.02 Å². The Morgan fingerprint density at radius 3 is 3.05 bits per heavy atom. The van der Waals surface area contributed by atoms with Gasteiger partial charge < -0.3 is 11.1 Å². The number of aryl methyl sites for hydroxylation is 1. The lowest BCUT2D eigenvalue weighted by molar-refractivity contribution is 0.273. The van der Waals surface area contributed by atoms with Crippen LogP contribution in [0.4, 0.5) is 0 Å². The van der Waals surface area contributed by atoms with Crippen LogP contribution in [0.5, 0.6) is 0 Å². The van der Waals surface area contributed by atoms with Crippen molar-refractivity contribution < 1.29 is 0 Å². The molecule has 1 aromatic carbocycles. The number of nitrogens with zero attached hydrogens (tertiary/aromatic N) is 2. The van der Waals surface area contributed by atoms with Gasteiger partial charge in [-0.3, -0.25) is 9.89 Å². The molecule has 5 heteroatoms. The molecule has 1 atom stereocenters. The van der Waals surface area contributed by atoms with Gasteiger partial charge >= 0.3 is 0 Å². The van der Waals surface area contributed by atoms with Crippen LogP contribution in [0.25, 0.3) is 0 Å². The summed E-state index contributed by atoms with van der Waals surface area (Å²) in [5, 5.41) is 4.03. The molecule has 1 aromatic rings. The molecular weight excluding hydrogens is 296 g/mol. The molecule has 0 spiro atoms. The third-order valence-corrected chi connectivity index (χ3v) is 4.63. The van der Waals surface area contributed by atoms with Crippen molar-refractivity contribution in [2.75, 3.05) is 26.2 Å². The molecule has 22 heavy (non-hydrogen) atoms. The van der Waals surface area contributed by atoms with E-state index in [0.717, 1.165) is 37.5 Å². The molecule has 0 radical (unpaired) electrons. The number of guanidine groups is 1. The number of hydrogen-bond donors (Lipinski definition) is 2. The summed E-state index contributed by atoms with van der Waals surface area (Å²) in [4.78, 5) is 6.96. The second-order valence-electron chi connectivity index (χ2n) is 5.77. The molecule has 1 aliphatic rings. The van der Waals surface area contributed by atoms with Crippen LogP contribution in [0.3, 0.4) is 0 Å². The van der Waals surface area contributed by atoms with Crippen molar-refractivity contribution in [2.45, 2.75) is 38.6 Å². The van der Waals surface area contributed by atoms with Crippen molar-refractivity contribution in [2.24, 2.45) is 10.7 Å². The summed E-state index contributed by atoms with van der Waals surface area (Å²) >= 11 is 6.14. The van der Waals surface area contributed by atoms with Crippen molar-refractivity contribution in [3.05, 3.63) is 34.9 Å². The van der Waals surface area contributed by atoms with Crippen LogP contribution in [0, 0.1) is 0 Å². The van der Waals surface area contributed by atoms with Gasteiger partial charge in [-0.05, 0) is 50.4 Å². The Kier molecular flexibility index (Phi) is 7.00. The fourth-order valence-electron chi connectivity index (χ4n) is 2.97. The largest absolute Gasteiger partial charge is 0.370 e. The van der Waals surface area contributed by atoms with E-state index in [4.69, 9.17) is 17.3 Å². The molecule has 1 saturated heterocycles. The van der Waals surface area contributed by atoms with Crippen molar-refractivity contribution in [1.29, 1.82) is 0 Å². The lowest BCUT2D eigenvalue weighted by atomic mass is 10.1. The Bertz CT molecular complexity index is 489. The summed E-state index contributed by atoms with van der Waals surface area (Å²) in [5.41, 5.74) is 7.13. The first-order valence-corrected chi connectivity index (χ1v) is 8.59. The molecule has 3 N–H and O–H groups in total. The minimum absolute atomic E-state index is 0.558. The van der Waals surface area contributed by atoms with E-state index in [1.54, 1.807) is 0 Å². The first-order valence-electron chi connectivity index (χ1n) is 8.22. The molecular formula is C17H27ClN4. The first kappa shape index (κ1) is 17.1. The third kappa shape index (κ3) is 5.18. The van der Waals surface area contributed by atoms with Crippen LogP contribution in [-0.4, -0.2) is 43.1 Å². The zero-order valence-corrected chi connectivity index (χ0v) is 14.1. The molecule has 0 saturated carbocycles.